The molecule has 0 saturated heterocycles. The molecule has 1 aromatic carbocycles. The molecule has 0 bridgehead atoms. The lowest BCUT2D eigenvalue weighted by Gasteiger charge is -2.08. The minimum Gasteiger partial charge on any atom is -0.369 e. The third-order valence-electron chi connectivity index (χ3n) is 3.03. The lowest BCUT2D eigenvalue weighted by atomic mass is 9.98. The molecule has 0 radical (unpaired) electrons. The molecule has 0 saturated carbocycles. The number of hydrogen-bond donors (Lipinski definition) is 3. The van der Waals surface area contributed by atoms with Crippen molar-refractivity contribution in [2.24, 2.45) is 5.73 Å². The van der Waals surface area contributed by atoms with Crippen LogP contribution in [0.5, 0.6) is 0 Å². The number of hydrogen-bond acceptors (Lipinski definition) is 2. The number of nitrogens with zero attached hydrogens (tertiary/aromatic N) is 1. The Morgan fingerprint density at radius 2 is 2.11 bits per heavy atom. The normalized spacial score (nSPS) is 11.0. The Balaban J connectivity index is 2.18. The maximum atomic E-state index is 13.9. The summed E-state index contributed by atoms with van der Waals surface area (Å²) in [5.74, 6) is -1.02. The van der Waals surface area contributed by atoms with Crippen molar-refractivity contribution in [3.8, 4) is 22.5 Å². The monoisotopic (exact) mass is 258 g/mol. The number of benzene rings is 1. The summed E-state index contributed by atoms with van der Waals surface area (Å²) in [6, 6.07) is 4.65. The number of H-pyrrole nitrogens is 2. The van der Waals surface area contributed by atoms with E-state index >= 15 is 0 Å². The smallest absolute Gasteiger partial charge is 0.221 e. The lowest BCUT2D eigenvalue weighted by Crippen LogP contribution is -2.15. The van der Waals surface area contributed by atoms with Crippen LogP contribution in [0.25, 0.3) is 22.5 Å². The molecule has 1 amide bonds. The van der Waals surface area contributed by atoms with Crippen molar-refractivity contribution >= 4 is 5.91 Å². The Hall–Kier alpha value is -2.63. The van der Waals surface area contributed by atoms with Crippen molar-refractivity contribution in [1.29, 1.82) is 0 Å². The Kier molecular flexibility index (Phi) is 2.56. The Labute approximate surface area is 108 Å². The zero-order chi connectivity index (χ0) is 13.4. The molecule has 6 heteroatoms. The van der Waals surface area contributed by atoms with Crippen molar-refractivity contribution in [3.63, 3.8) is 0 Å². The molecular formula is C13H11FN4O. The second kappa shape index (κ2) is 4.24. The fraction of sp³-hybridized carbons (Fsp3) is 0.0769. The molecular weight excluding hydrogens is 247 g/mol. The van der Waals surface area contributed by atoms with Crippen molar-refractivity contribution in [1.82, 2.24) is 15.2 Å². The molecule has 2 aliphatic rings. The number of primary amides is 1. The van der Waals surface area contributed by atoms with Gasteiger partial charge in [0.25, 0.3) is 0 Å². The first kappa shape index (κ1) is 11.5. The number of nitrogens with two attached hydrogens (primary N) is 1. The van der Waals surface area contributed by atoms with E-state index in [0.29, 0.717) is 11.3 Å². The number of rotatable bonds is 3. The Bertz CT molecular complexity index is 715. The zero-order valence-electron chi connectivity index (χ0n) is 9.90. The van der Waals surface area contributed by atoms with E-state index in [9.17, 15) is 9.18 Å². The molecule has 0 spiro atoms. The summed E-state index contributed by atoms with van der Waals surface area (Å²) in [4.78, 5) is 15.1. The Morgan fingerprint density at radius 1 is 1.26 bits per heavy atom. The van der Waals surface area contributed by atoms with Gasteiger partial charge in [0.15, 0.2) is 0 Å². The number of aromatic nitrogens is 3. The molecule has 4 N–H and O–H groups in total. The number of fused-ring (bicyclic) bond motifs is 1. The molecule has 96 valence electrons. The van der Waals surface area contributed by atoms with E-state index in [1.807, 2.05) is 0 Å². The number of aromatic amines is 2. The standard InChI is InChI=1S/C13H11FN4O/c14-10-3-1-2-7(8(10)4-12(15)19)13-9-5-16-6-11(9)17-18-13/h1-3,5-6,17-18H,4H2,(H2,15,19). The highest BCUT2D eigenvalue weighted by Gasteiger charge is 2.19. The van der Waals surface area contributed by atoms with Crippen LogP contribution in [-0.2, 0) is 11.2 Å². The van der Waals surface area contributed by atoms with Crippen LogP contribution < -0.4 is 5.73 Å². The fourth-order valence-electron chi connectivity index (χ4n) is 2.18. The minimum absolute atomic E-state index is 0.142. The second-order valence-corrected chi connectivity index (χ2v) is 4.27. The maximum absolute atomic E-state index is 13.9. The molecule has 0 aliphatic carbocycles. The van der Waals surface area contributed by atoms with E-state index in [1.165, 1.54) is 6.07 Å². The van der Waals surface area contributed by atoms with Crippen LogP contribution >= 0.6 is 0 Å². The predicted octanol–water partition coefficient (Wildman–Crippen LogP) is 1.68. The van der Waals surface area contributed by atoms with Crippen molar-refractivity contribution in [3.05, 3.63) is 42.0 Å². The minimum atomic E-state index is -0.571. The summed E-state index contributed by atoms with van der Waals surface area (Å²) in [5, 5.41) is 5.91. The highest BCUT2D eigenvalue weighted by molar-refractivity contribution is 5.85. The number of nitrogens with one attached hydrogen (secondary N) is 2. The van der Waals surface area contributed by atoms with Gasteiger partial charge in [-0.05, 0) is 6.07 Å². The first-order valence-corrected chi connectivity index (χ1v) is 5.73. The van der Waals surface area contributed by atoms with Crippen LogP contribution in [0, 0.1) is 5.82 Å². The van der Waals surface area contributed by atoms with Gasteiger partial charge in [-0.25, -0.2) is 4.39 Å². The van der Waals surface area contributed by atoms with E-state index in [-0.39, 0.29) is 12.0 Å². The van der Waals surface area contributed by atoms with Crippen molar-refractivity contribution < 1.29 is 9.18 Å². The maximum Gasteiger partial charge on any atom is 0.221 e. The quantitative estimate of drug-likeness (QED) is 0.667. The largest absolute Gasteiger partial charge is 0.369 e. The zero-order valence-corrected chi connectivity index (χ0v) is 9.90. The second-order valence-electron chi connectivity index (χ2n) is 4.27. The molecule has 0 unspecified atom stereocenters. The molecule has 0 aromatic heterocycles. The van der Waals surface area contributed by atoms with Gasteiger partial charge >= 0.3 is 0 Å². The van der Waals surface area contributed by atoms with Gasteiger partial charge in [-0.15, -0.1) is 0 Å². The number of carbonyl (C=O) groups excluding carboxylic acids is 1. The van der Waals surface area contributed by atoms with Crippen LogP contribution in [0.3, 0.4) is 0 Å². The van der Waals surface area contributed by atoms with Gasteiger partial charge in [0.05, 0.1) is 24.0 Å². The third kappa shape index (κ3) is 1.87. The van der Waals surface area contributed by atoms with Gasteiger partial charge in [0, 0.05) is 22.9 Å². The van der Waals surface area contributed by atoms with Crippen LogP contribution in [0.4, 0.5) is 4.39 Å². The SMILES string of the molecule is NC(=O)Cc1c(F)cccc1-c1[nH][nH]c2cncc1-2. The number of amides is 1. The molecule has 2 heterocycles. The fourth-order valence-corrected chi connectivity index (χ4v) is 2.18. The van der Waals surface area contributed by atoms with Crippen LogP contribution in [0.1, 0.15) is 5.56 Å². The topological polar surface area (TPSA) is 87.6 Å². The van der Waals surface area contributed by atoms with Gasteiger partial charge in [0.2, 0.25) is 5.91 Å². The predicted molar refractivity (Wildman–Crippen MR) is 67.9 cm³/mol. The lowest BCUT2D eigenvalue weighted by molar-refractivity contribution is -0.117. The molecule has 3 rings (SSSR count). The van der Waals surface area contributed by atoms with Crippen LogP contribution in [-0.4, -0.2) is 21.1 Å². The summed E-state index contributed by atoms with van der Waals surface area (Å²) in [6.45, 7) is 0. The van der Waals surface area contributed by atoms with Gasteiger partial charge in [-0.2, -0.15) is 0 Å². The van der Waals surface area contributed by atoms with Crippen molar-refractivity contribution in [2.45, 2.75) is 6.42 Å². The first-order chi connectivity index (χ1) is 9.16. The van der Waals surface area contributed by atoms with E-state index in [0.717, 1.165) is 11.3 Å². The van der Waals surface area contributed by atoms with Gasteiger partial charge in [0.1, 0.15) is 5.82 Å². The molecule has 2 aliphatic heterocycles. The van der Waals surface area contributed by atoms with E-state index in [1.54, 1.807) is 24.5 Å². The average molecular weight is 258 g/mol. The summed E-state index contributed by atoms with van der Waals surface area (Å²) in [7, 11) is 0. The van der Waals surface area contributed by atoms with E-state index in [4.69, 9.17) is 5.73 Å². The highest BCUT2D eigenvalue weighted by Crippen LogP contribution is 2.33. The number of carbonyl (C=O) groups is 1. The molecule has 19 heavy (non-hydrogen) atoms. The van der Waals surface area contributed by atoms with Gasteiger partial charge < -0.3 is 5.73 Å². The van der Waals surface area contributed by atoms with Gasteiger partial charge in [-0.1, -0.05) is 12.1 Å². The molecule has 1 aromatic rings. The summed E-state index contributed by atoms with van der Waals surface area (Å²) < 4.78 is 13.9. The first-order valence-electron chi connectivity index (χ1n) is 5.73. The molecule has 0 fully saturated rings. The summed E-state index contributed by atoms with van der Waals surface area (Å²) in [6.07, 6.45) is 3.20. The summed E-state index contributed by atoms with van der Waals surface area (Å²) >= 11 is 0. The molecule has 5 nitrogen and oxygen atoms in total. The summed E-state index contributed by atoms with van der Waals surface area (Å²) in [5.41, 5.74) is 8.43. The van der Waals surface area contributed by atoms with E-state index in [2.05, 4.69) is 15.2 Å². The Morgan fingerprint density at radius 3 is 2.89 bits per heavy atom. The molecule has 0 atom stereocenters. The van der Waals surface area contributed by atoms with Crippen molar-refractivity contribution in [2.75, 3.05) is 0 Å². The van der Waals surface area contributed by atoms with Crippen LogP contribution in [0.2, 0.25) is 0 Å². The number of halogens is 1. The van der Waals surface area contributed by atoms with Crippen LogP contribution in [0.15, 0.2) is 30.6 Å². The van der Waals surface area contributed by atoms with E-state index < -0.39 is 11.7 Å². The highest BCUT2D eigenvalue weighted by atomic mass is 19.1. The third-order valence-corrected chi connectivity index (χ3v) is 3.03. The van der Waals surface area contributed by atoms with Gasteiger partial charge in [-0.3, -0.25) is 20.0 Å². The average Bonchev–Trinajstić information content (AvgIpc) is 2.93.